The predicted molar refractivity (Wildman–Crippen MR) is 85.4 cm³/mol. The zero-order valence-corrected chi connectivity index (χ0v) is 13.4. The van der Waals surface area contributed by atoms with Crippen molar-refractivity contribution in [3.63, 3.8) is 0 Å². The van der Waals surface area contributed by atoms with Crippen LogP contribution in [-0.2, 0) is 20.1 Å². The number of aliphatic hydroxyl groups excluding tert-OH is 1. The molecule has 126 valence electrons. The average molecular weight is 329 g/mol. The van der Waals surface area contributed by atoms with Crippen LogP contribution in [0.3, 0.4) is 0 Å². The molecule has 0 amide bonds. The van der Waals surface area contributed by atoms with Crippen molar-refractivity contribution in [3.05, 3.63) is 46.1 Å². The summed E-state index contributed by atoms with van der Waals surface area (Å²) in [4.78, 5) is 13.9. The van der Waals surface area contributed by atoms with E-state index in [1.165, 1.54) is 4.68 Å². The van der Waals surface area contributed by atoms with E-state index < -0.39 is 6.10 Å². The van der Waals surface area contributed by atoms with E-state index in [1.54, 1.807) is 35.9 Å². The van der Waals surface area contributed by atoms with Gasteiger partial charge in [-0.2, -0.15) is 10.4 Å². The largest absolute Gasteiger partial charge is 0.491 e. The van der Waals surface area contributed by atoms with Crippen LogP contribution in [0.5, 0.6) is 5.75 Å². The number of β-amino-alcohol motifs (C(OH)–C–C–N with tert-alkyl or cyclic N) is 1. The summed E-state index contributed by atoms with van der Waals surface area (Å²) in [5, 5.41) is 23.1. The molecule has 1 N–H and O–H groups in total. The number of aryl methyl sites for hydroxylation is 1. The van der Waals surface area contributed by atoms with E-state index in [2.05, 4.69) is 10.00 Å². The second kappa shape index (κ2) is 6.86. The quantitative estimate of drug-likeness (QED) is 0.810. The topological polar surface area (TPSA) is 96.3 Å². The lowest BCUT2D eigenvalue weighted by Gasteiger charge is -2.28. The fourth-order valence-corrected chi connectivity index (χ4v) is 2.74. The first-order chi connectivity index (χ1) is 11.6. The zero-order valence-electron chi connectivity index (χ0n) is 13.4. The van der Waals surface area contributed by atoms with Gasteiger partial charge in [0.05, 0.1) is 18.2 Å². The molecule has 2 heterocycles. The van der Waals surface area contributed by atoms with Crippen LogP contribution in [0.25, 0.3) is 0 Å². The Morgan fingerprint density at radius 2 is 2.12 bits per heavy atom. The molecule has 0 radical (unpaired) electrons. The Hall–Kier alpha value is -2.63. The Kier molecular flexibility index (Phi) is 4.64. The third-order valence-electron chi connectivity index (χ3n) is 3.98. The highest BCUT2D eigenvalue weighted by Gasteiger charge is 2.22. The van der Waals surface area contributed by atoms with Gasteiger partial charge in [-0.3, -0.25) is 9.47 Å². The lowest BCUT2D eigenvalue weighted by atomic mass is 10.2. The minimum Gasteiger partial charge on any atom is -0.491 e. The average Bonchev–Trinajstić information content (AvgIpc) is 2.87. The van der Waals surface area contributed by atoms with Crippen LogP contribution >= 0.6 is 0 Å². The fourth-order valence-electron chi connectivity index (χ4n) is 2.74. The molecule has 3 rings (SSSR count). The minimum atomic E-state index is -0.650. The Morgan fingerprint density at radius 3 is 2.83 bits per heavy atom. The van der Waals surface area contributed by atoms with Crippen LogP contribution in [0.15, 0.2) is 29.1 Å². The third-order valence-corrected chi connectivity index (χ3v) is 3.98. The van der Waals surface area contributed by atoms with Gasteiger partial charge in [0.1, 0.15) is 24.3 Å². The van der Waals surface area contributed by atoms with Crippen molar-refractivity contribution in [1.29, 1.82) is 5.26 Å². The Balaban J connectivity index is 1.51. The molecular weight excluding hydrogens is 310 g/mol. The maximum absolute atomic E-state index is 11.8. The van der Waals surface area contributed by atoms with Gasteiger partial charge in [0.25, 0.3) is 0 Å². The molecule has 1 aromatic carbocycles. The van der Waals surface area contributed by atoms with Gasteiger partial charge in [0, 0.05) is 26.7 Å². The number of aliphatic hydroxyl groups is 1. The monoisotopic (exact) mass is 329 g/mol. The Bertz CT molecular complexity index is 803. The highest BCUT2D eigenvalue weighted by Crippen LogP contribution is 2.13. The molecule has 0 spiro atoms. The van der Waals surface area contributed by atoms with E-state index >= 15 is 0 Å². The molecule has 8 nitrogen and oxygen atoms in total. The molecular formula is C16H19N5O3. The van der Waals surface area contributed by atoms with Gasteiger partial charge in [-0.25, -0.2) is 9.48 Å². The minimum absolute atomic E-state index is 0.102. The number of hydrogen-bond donors (Lipinski definition) is 1. The van der Waals surface area contributed by atoms with Crippen molar-refractivity contribution in [2.45, 2.75) is 19.2 Å². The zero-order chi connectivity index (χ0) is 17.1. The smallest absolute Gasteiger partial charge is 0.345 e. The van der Waals surface area contributed by atoms with Crippen LogP contribution in [0.4, 0.5) is 0 Å². The molecule has 0 saturated carbocycles. The van der Waals surface area contributed by atoms with Crippen molar-refractivity contribution >= 4 is 0 Å². The number of aromatic nitrogens is 3. The predicted octanol–water partition coefficient (Wildman–Crippen LogP) is -0.291. The molecule has 1 aliphatic rings. The molecule has 0 saturated heterocycles. The van der Waals surface area contributed by atoms with E-state index in [0.29, 0.717) is 43.3 Å². The van der Waals surface area contributed by atoms with Crippen LogP contribution in [0, 0.1) is 11.3 Å². The van der Waals surface area contributed by atoms with E-state index in [0.717, 1.165) is 0 Å². The van der Waals surface area contributed by atoms with Gasteiger partial charge in [-0.15, -0.1) is 0 Å². The first-order valence-electron chi connectivity index (χ1n) is 7.73. The third kappa shape index (κ3) is 3.48. The van der Waals surface area contributed by atoms with Gasteiger partial charge in [0.15, 0.2) is 0 Å². The van der Waals surface area contributed by atoms with E-state index in [1.807, 2.05) is 6.07 Å². The van der Waals surface area contributed by atoms with Crippen LogP contribution in [0.1, 0.15) is 11.4 Å². The number of benzene rings is 1. The molecule has 2 aromatic rings. The summed E-state index contributed by atoms with van der Waals surface area (Å²) in [6.07, 6.45) is -0.650. The summed E-state index contributed by atoms with van der Waals surface area (Å²) in [5.41, 5.74) is 0.465. The fraction of sp³-hybridized carbons (Fsp3) is 0.438. The maximum Gasteiger partial charge on any atom is 0.345 e. The van der Waals surface area contributed by atoms with Crippen LogP contribution in [0.2, 0.25) is 0 Å². The lowest BCUT2D eigenvalue weighted by Crippen LogP contribution is -2.42. The summed E-state index contributed by atoms with van der Waals surface area (Å²) < 4.78 is 8.54. The summed E-state index contributed by atoms with van der Waals surface area (Å²) in [7, 11) is 1.64. The highest BCUT2D eigenvalue weighted by molar-refractivity contribution is 5.34. The van der Waals surface area contributed by atoms with Crippen LogP contribution < -0.4 is 10.4 Å². The van der Waals surface area contributed by atoms with E-state index in [9.17, 15) is 9.90 Å². The van der Waals surface area contributed by atoms with Gasteiger partial charge < -0.3 is 9.84 Å². The normalized spacial score (nSPS) is 15.5. The summed E-state index contributed by atoms with van der Waals surface area (Å²) >= 11 is 0. The second-order valence-electron chi connectivity index (χ2n) is 5.81. The molecule has 1 atom stereocenters. The number of fused-ring (bicyclic) bond motifs is 1. The van der Waals surface area contributed by atoms with Crippen molar-refractivity contribution in [2.24, 2.45) is 7.05 Å². The maximum atomic E-state index is 11.8. The molecule has 0 aliphatic carbocycles. The van der Waals surface area contributed by atoms with Crippen molar-refractivity contribution in [3.8, 4) is 11.8 Å². The number of nitriles is 1. The van der Waals surface area contributed by atoms with Gasteiger partial charge >= 0.3 is 5.69 Å². The van der Waals surface area contributed by atoms with Crippen molar-refractivity contribution < 1.29 is 9.84 Å². The Labute approximate surface area is 139 Å². The SMILES string of the molecule is Cn1nc2n(c1=O)CCN(CC(O)COc1ccc(C#N)cc1)C2. The molecule has 1 aliphatic heterocycles. The Morgan fingerprint density at radius 1 is 1.38 bits per heavy atom. The second-order valence-corrected chi connectivity index (χ2v) is 5.81. The lowest BCUT2D eigenvalue weighted by molar-refractivity contribution is 0.0581. The first kappa shape index (κ1) is 16.2. The summed E-state index contributed by atoms with van der Waals surface area (Å²) in [6, 6.07) is 8.80. The number of rotatable bonds is 5. The van der Waals surface area contributed by atoms with Crippen LogP contribution in [-0.4, -0.2) is 50.2 Å². The molecule has 1 aromatic heterocycles. The van der Waals surface area contributed by atoms with Crippen molar-refractivity contribution in [2.75, 3.05) is 19.7 Å². The number of nitrogens with zero attached hydrogens (tertiary/aromatic N) is 5. The van der Waals surface area contributed by atoms with Gasteiger partial charge in [0.2, 0.25) is 0 Å². The first-order valence-corrected chi connectivity index (χ1v) is 7.73. The number of hydrogen-bond acceptors (Lipinski definition) is 6. The molecule has 0 bridgehead atoms. The highest BCUT2D eigenvalue weighted by atomic mass is 16.5. The number of ether oxygens (including phenoxy) is 1. The van der Waals surface area contributed by atoms with Gasteiger partial charge in [-0.1, -0.05) is 0 Å². The summed E-state index contributed by atoms with van der Waals surface area (Å²) in [5.74, 6) is 1.33. The molecule has 8 heteroatoms. The molecule has 0 fully saturated rings. The molecule has 24 heavy (non-hydrogen) atoms. The van der Waals surface area contributed by atoms with E-state index in [4.69, 9.17) is 10.00 Å². The summed E-state index contributed by atoms with van der Waals surface area (Å²) in [6.45, 7) is 2.40. The standard InChI is InChI=1S/C16H19N5O3/c1-19-16(23)21-7-6-20(10-15(21)18-19)9-13(22)11-24-14-4-2-12(8-17)3-5-14/h2-5,13,22H,6-7,9-11H2,1H3. The van der Waals surface area contributed by atoms with Gasteiger partial charge in [-0.05, 0) is 24.3 Å². The van der Waals surface area contributed by atoms with E-state index in [-0.39, 0.29) is 12.3 Å². The molecule has 1 unspecified atom stereocenters. The van der Waals surface area contributed by atoms with Crippen molar-refractivity contribution in [1.82, 2.24) is 19.2 Å².